The van der Waals surface area contributed by atoms with E-state index in [-0.39, 0.29) is 25.0 Å². The lowest BCUT2D eigenvalue weighted by Gasteiger charge is -2.13. The number of nitrogens with one attached hydrogen (secondary N) is 3. The Hall–Kier alpha value is -2.45. The Morgan fingerprint density at radius 1 is 1.24 bits per heavy atom. The van der Waals surface area contributed by atoms with Gasteiger partial charge in [-0.3, -0.25) is 9.79 Å². The van der Waals surface area contributed by atoms with Crippen molar-refractivity contribution in [2.75, 3.05) is 26.7 Å². The van der Waals surface area contributed by atoms with Crippen molar-refractivity contribution in [1.29, 1.82) is 0 Å². The van der Waals surface area contributed by atoms with Crippen LogP contribution < -0.4 is 20.7 Å². The average Bonchev–Trinajstić information content (AvgIpc) is 2.56. The molecule has 1 amide bonds. The second-order valence-electron chi connectivity index (χ2n) is 5.11. The Morgan fingerprint density at radius 3 is 2.64 bits per heavy atom. The molecule has 9 heteroatoms. The fraction of sp³-hybridized carbons (Fsp3) is 0.500. The maximum Gasteiger partial charge on any atom is 0.390 e. The summed E-state index contributed by atoms with van der Waals surface area (Å²) in [5.41, 5.74) is 0.840. The SMILES string of the molecule is CCNC(=O)COc1cccc(CNC(=NC)NCCC(F)(F)F)c1. The molecular formula is C16H23F3N4O2. The van der Waals surface area contributed by atoms with Crippen LogP contribution >= 0.6 is 0 Å². The normalized spacial score (nSPS) is 11.8. The van der Waals surface area contributed by atoms with Crippen LogP contribution in [0.4, 0.5) is 13.2 Å². The molecule has 0 aromatic heterocycles. The van der Waals surface area contributed by atoms with Crippen LogP contribution in [-0.4, -0.2) is 44.8 Å². The van der Waals surface area contributed by atoms with Gasteiger partial charge in [0.05, 0.1) is 6.42 Å². The van der Waals surface area contributed by atoms with Crippen LogP contribution in [0.25, 0.3) is 0 Å². The number of benzene rings is 1. The molecule has 0 saturated carbocycles. The number of guanidine groups is 1. The van der Waals surface area contributed by atoms with Gasteiger partial charge in [-0.25, -0.2) is 0 Å². The van der Waals surface area contributed by atoms with Crippen LogP contribution in [-0.2, 0) is 11.3 Å². The van der Waals surface area contributed by atoms with E-state index in [4.69, 9.17) is 4.74 Å². The number of likely N-dealkylation sites (N-methyl/N-ethyl adjacent to an activating group) is 1. The summed E-state index contributed by atoms with van der Waals surface area (Å²) in [6.07, 6.45) is -5.14. The van der Waals surface area contributed by atoms with Crippen molar-refractivity contribution < 1.29 is 22.7 Å². The van der Waals surface area contributed by atoms with E-state index in [1.54, 1.807) is 18.2 Å². The summed E-state index contributed by atoms with van der Waals surface area (Å²) in [7, 11) is 1.48. The van der Waals surface area contributed by atoms with Crippen LogP contribution in [0.3, 0.4) is 0 Å². The molecule has 0 spiro atoms. The number of rotatable bonds is 8. The Bertz CT molecular complexity index is 577. The third kappa shape index (κ3) is 9.43. The van der Waals surface area contributed by atoms with Gasteiger partial charge in [0.25, 0.3) is 5.91 Å². The zero-order valence-electron chi connectivity index (χ0n) is 14.2. The topological polar surface area (TPSA) is 74.8 Å². The molecule has 6 nitrogen and oxygen atoms in total. The minimum absolute atomic E-state index is 0.0780. The second kappa shape index (κ2) is 10.4. The Labute approximate surface area is 144 Å². The molecule has 0 aliphatic heterocycles. The number of alkyl halides is 3. The zero-order valence-corrected chi connectivity index (χ0v) is 14.2. The monoisotopic (exact) mass is 360 g/mol. The fourth-order valence-electron chi connectivity index (χ4n) is 1.87. The van der Waals surface area contributed by atoms with E-state index in [9.17, 15) is 18.0 Å². The highest BCUT2D eigenvalue weighted by Crippen LogP contribution is 2.18. The predicted molar refractivity (Wildman–Crippen MR) is 89.5 cm³/mol. The van der Waals surface area contributed by atoms with Crippen LogP contribution in [0.15, 0.2) is 29.3 Å². The van der Waals surface area contributed by atoms with Crippen molar-refractivity contribution in [2.45, 2.75) is 26.1 Å². The van der Waals surface area contributed by atoms with Gasteiger partial charge in [0.1, 0.15) is 5.75 Å². The molecule has 1 aromatic carbocycles. The van der Waals surface area contributed by atoms with Crippen molar-refractivity contribution in [3.05, 3.63) is 29.8 Å². The third-order valence-electron chi connectivity index (χ3n) is 3.03. The minimum Gasteiger partial charge on any atom is -0.484 e. The first-order valence-electron chi connectivity index (χ1n) is 7.83. The second-order valence-corrected chi connectivity index (χ2v) is 5.11. The number of nitrogens with zero attached hydrogens (tertiary/aromatic N) is 1. The molecule has 0 radical (unpaired) electrons. The highest BCUT2D eigenvalue weighted by molar-refractivity contribution is 5.79. The van der Waals surface area contributed by atoms with E-state index in [0.29, 0.717) is 18.8 Å². The lowest BCUT2D eigenvalue weighted by molar-refractivity contribution is -0.132. The average molecular weight is 360 g/mol. The van der Waals surface area contributed by atoms with E-state index in [1.807, 2.05) is 13.0 Å². The highest BCUT2D eigenvalue weighted by atomic mass is 19.4. The predicted octanol–water partition coefficient (Wildman–Crippen LogP) is 1.82. The number of aliphatic imine (C=N–C) groups is 1. The summed E-state index contributed by atoms with van der Waals surface area (Å²) in [5, 5.41) is 8.15. The number of hydrogen-bond acceptors (Lipinski definition) is 3. The maximum absolute atomic E-state index is 12.1. The summed E-state index contributed by atoms with van der Waals surface area (Å²) in [4.78, 5) is 15.2. The summed E-state index contributed by atoms with van der Waals surface area (Å²) in [5.74, 6) is 0.601. The highest BCUT2D eigenvalue weighted by Gasteiger charge is 2.26. The van der Waals surface area contributed by atoms with Crippen molar-refractivity contribution >= 4 is 11.9 Å². The summed E-state index contributed by atoms with van der Waals surface area (Å²) >= 11 is 0. The van der Waals surface area contributed by atoms with Gasteiger partial charge >= 0.3 is 6.18 Å². The van der Waals surface area contributed by atoms with E-state index in [2.05, 4.69) is 20.9 Å². The van der Waals surface area contributed by atoms with Crippen LogP contribution in [0.1, 0.15) is 18.9 Å². The van der Waals surface area contributed by atoms with E-state index >= 15 is 0 Å². The molecule has 0 heterocycles. The number of carbonyl (C=O) groups excluding carboxylic acids is 1. The number of hydrogen-bond donors (Lipinski definition) is 3. The van der Waals surface area contributed by atoms with Gasteiger partial charge in [0.2, 0.25) is 0 Å². The first kappa shape index (κ1) is 20.6. The largest absolute Gasteiger partial charge is 0.484 e. The number of amides is 1. The molecule has 0 bridgehead atoms. The minimum atomic E-state index is -4.21. The molecule has 0 aliphatic rings. The molecule has 0 unspecified atom stereocenters. The summed E-state index contributed by atoms with van der Waals surface area (Å²) < 4.78 is 41.8. The third-order valence-corrected chi connectivity index (χ3v) is 3.03. The van der Waals surface area contributed by atoms with E-state index in [0.717, 1.165) is 5.56 Å². The fourth-order valence-corrected chi connectivity index (χ4v) is 1.87. The van der Waals surface area contributed by atoms with Gasteiger partial charge in [0, 0.05) is 26.7 Å². The molecule has 0 atom stereocenters. The van der Waals surface area contributed by atoms with Crippen LogP contribution in [0.5, 0.6) is 5.75 Å². The van der Waals surface area contributed by atoms with Gasteiger partial charge in [-0.2, -0.15) is 13.2 Å². The number of halogens is 3. The van der Waals surface area contributed by atoms with Gasteiger partial charge in [-0.05, 0) is 24.6 Å². The molecular weight excluding hydrogens is 337 g/mol. The zero-order chi connectivity index (χ0) is 18.7. The lowest BCUT2D eigenvalue weighted by atomic mass is 10.2. The Morgan fingerprint density at radius 2 is 2.00 bits per heavy atom. The summed E-state index contributed by atoms with van der Waals surface area (Å²) in [6, 6.07) is 7.06. The van der Waals surface area contributed by atoms with Gasteiger partial charge in [-0.1, -0.05) is 12.1 Å². The van der Waals surface area contributed by atoms with Crippen molar-refractivity contribution in [1.82, 2.24) is 16.0 Å². The van der Waals surface area contributed by atoms with Crippen LogP contribution in [0.2, 0.25) is 0 Å². The molecule has 0 fully saturated rings. The van der Waals surface area contributed by atoms with Crippen LogP contribution in [0, 0.1) is 0 Å². The van der Waals surface area contributed by atoms with Crippen molar-refractivity contribution in [3.8, 4) is 5.75 Å². The smallest absolute Gasteiger partial charge is 0.390 e. The first-order chi connectivity index (χ1) is 11.8. The molecule has 1 aromatic rings. The van der Waals surface area contributed by atoms with Crippen molar-refractivity contribution in [2.24, 2.45) is 4.99 Å². The molecule has 25 heavy (non-hydrogen) atoms. The first-order valence-corrected chi connectivity index (χ1v) is 7.83. The number of carbonyl (C=O) groups is 1. The Balaban J connectivity index is 2.45. The quantitative estimate of drug-likeness (QED) is 0.488. The summed E-state index contributed by atoms with van der Waals surface area (Å²) in [6.45, 7) is 2.38. The van der Waals surface area contributed by atoms with E-state index < -0.39 is 12.6 Å². The lowest BCUT2D eigenvalue weighted by Crippen LogP contribution is -2.38. The number of ether oxygens (including phenoxy) is 1. The molecule has 0 saturated heterocycles. The van der Waals surface area contributed by atoms with Gasteiger partial charge in [0.15, 0.2) is 12.6 Å². The molecule has 1 rings (SSSR count). The van der Waals surface area contributed by atoms with Gasteiger partial charge < -0.3 is 20.7 Å². The van der Waals surface area contributed by atoms with E-state index in [1.165, 1.54) is 7.05 Å². The molecule has 3 N–H and O–H groups in total. The standard InChI is InChI=1S/C16H23F3N4O2/c1-3-21-14(24)11-25-13-6-4-5-12(9-13)10-23-15(20-2)22-8-7-16(17,18)19/h4-6,9H,3,7-8,10-11H2,1-2H3,(H,21,24)(H2,20,22,23). The van der Waals surface area contributed by atoms with Gasteiger partial charge in [-0.15, -0.1) is 0 Å². The molecule has 0 aliphatic carbocycles. The van der Waals surface area contributed by atoms with Crippen molar-refractivity contribution in [3.63, 3.8) is 0 Å². The molecule has 140 valence electrons. The Kier molecular flexibility index (Phi) is 8.59. The maximum atomic E-state index is 12.1.